The summed E-state index contributed by atoms with van der Waals surface area (Å²) >= 11 is 0. The summed E-state index contributed by atoms with van der Waals surface area (Å²) < 4.78 is 4.75. The number of carbonyl (C=O) groups is 1. The zero-order chi connectivity index (χ0) is 13.7. The molecule has 18 heavy (non-hydrogen) atoms. The summed E-state index contributed by atoms with van der Waals surface area (Å²) in [5, 5.41) is 12.8. The van der Waals surface area contributed by atoms with Gasteiger partial charge >= 0.3 is 5.97 Å². The molecule has 0 saturated heterocycles. The molecule has 0 spiro atoms. The number of esters is 1. The van der Waals surface area contributed by atoms with Crippen LogP contribution in [-0.2, 0) is 16.1 Å². The lowest BCUT2D eigenvalue weighted by Gasteiger charge is -2.20. The molecule has 0 radical (unpaired) electrons. The fourth-order valence-electron chi connectivity index (χ4n) is 1.79. The molecule has 4 nitrogen and oxygen atoms in total. The minimum absolute atomic E-state index is 0.129. The van der Waals surface area contributed by atoms with E-state index in [-0.39, 0.29) is 23.7 Å². The molecule has 0 saturated carbocycles. The Bertz CT molecular complexity index is 416. The number of nitrogens with one attached hydrogen (secondary N) is 1. The highest BCUT2D eigenvalue weighted by Gasteiger charge is 2.22. The Kier molecular flexibility index (Phi) is 5.16. The van der Waals surface area contributed by atoms with Crippen LogP contribution in [0.15, 0.2) is 18.2 Å². The molecule has 1 aromatic carbocycles. The smallest absolute Gasteiger partial charge is 0.323 e. The molecule has 0 unspecified atom stereocenters. The van der Waals surface area contributed by atoms with Gasteiger partial charge in [0.05, 0.1) is 7.11 Å². The lowest BCUT2D eigenvalue weighted by atomic mass is 10.0. The number of carbonyl (C=O) groups excluding carboxylic acids is 1. The highest BCUT2D eigenvalue weighted by Crippen LogP contribution is 2.18. The monoisotopic (exact) mass is 251 g/mol. The summed E-state index contributed by atoms with van der Waals surface area (Å²) in [4.78, 5) is 11.6. The molecular weight excluding hydrogens is 230 g/mol. The maximum Gasteiger partial charge on any atom is 0.323 e. The third-order valence-corrected chi connectivity index (χ3v) is 2.87. The average molecular weight is 251 g/mol. The molecular formula is C14H21NO3. The van der Waals surface area contributed by atoms with Crippen molar-refractivity contribution < 1.29 is 14.6 Å². The van der Waals surface area contributed by atoms with Crippen LogP contribution in [0, 0.1) is 12.8 Å². The Morgan fingerprint density at radius 3 is 2.67 bits per heavy atom. The number of aryl methyl sites for hydroxylation is 1. The predicted octanol–water partition coefficient (Wildman–Crippen LogP) is 1.99. The van der Waals surface area contributed by atoms with Crippen LogP contribution in [0.5, 0.6) is 5.75 Å². The zero-order valence-electron chi connectivity index (χ0n) is 11.4. The molecule has 0 amide bonds. The highest BCUT2D eigenvalue weighted by molar-refractivity contribution is 5.75. The zero-order valence-corrected chi connectivity index (χ0v) is 11.4. The van der Waals surface area contributed by atoms with Crippen molar-refractivity contribution in [2.75, 3.05) is 7.11 Å². The first-order valence-corrected chi connectivity index (χ1v) is 6.05. The van der Waals surface area contributed by atoms with Gasteiger partial charge in [0.1, 0.15) is 11.8 Å². The van der Waals surface area contributed by atoms with Crippen LogP contribution in [-0.4, -0.2) is 24.2 Å². The molecule has 0 bridgehead atoms. The van der Waals surface area contributed by atoms with Gasteiger partial charge in [-0.05, 0) is 18.9 Å². The van der Waals surface area contributed by atoms with Crippen LogP contribution in [0.3, 0.4) is 0 Å². The van der Waals surface area contributed by atoms with E-state index in [1.165, 1.54) is 7.11 Å². The molecule has 0 aromatic heterocycles. The number of rotatable bonds is 5. The number of hydrogen-bond acceptors (Lipinski definition) is 4. The van der Waals surface area contributed by atoms with Crippen molar-refractivity contribution in [2.24, 2.45) is 5.92 Å². The number of aromatic hydroxyl groups is 1. The van der Waals surface area contributed by atoms with Gasteiger partial charge in [0.2, 0.25) is 0 Å². The van der Waals surface area contributed by atoms with Crippen molar-refractivity contribution in [3.05, 3.63) is 29.3 Å². The number of phenols is 1. The van der Waals surface area contributed by atoms with Gasteiger partial charge in [-0.1, -0.05) is 31.5 Å². The normalized spacial score (nSPS) is 12.5. The van der Waals surface area contributed by atoms with E-state index in [0.29, 0.717) is 6.54 Å². The van der Waals surface area contributed by atoms with Gasteiger partial charge in [0.15, 0.2) is 0 Å². The van der Waals surface area contributed by atoms with E-state index >= 15 is 0 Å². The first-order chi connectivity index (χ1) is 8.45. The van der Waals surface area contributed by atoms with Crippen molar-refractivity contribution in [1.29, 1.82) is 0 Å². The van der Waals surface area contributed by atoms with E-state index in [1.807, 2.05) is 32.9 Å². The molecule has 0 aliphatic rings. The van der Waals surface area contributed by atoms with Crippen LogP contribution in [0.2, 0.25) is 0 Å². The van der Waals surface area contributed by atoms with Crippen LogP contribution in [0.1, 0.15) is 25.0 Å². The highest BCUT2D eigenvalue weighted by atomic mass is 16.5. The summed E-state index contributed by atoms with van der Waals surface area (Å²) in [6, 6.07) is 5.04. The largest absolute Gasteiger partial charge is 0.508 e. The van der Waals surface area contributed by atoms with Crippen molar-refractivity contribution >= 4 is 5.97 Å². The first kappa shape index (κ1) is 14.5. The van der Waals surface area contributed by atoms with E-state index in [4.69, 9.17) is 4.74 Å². The summed E-state index contributed by atoms with van der Waals surface area (Å²) in [6.45, 7) is 6.30. The van der Waals surface area contributed by atoms with E-state index < -0.39 is 0 Å². The fraction of sp³-hybridized carbons (Fsp3) is 0.500. The Morgan fingerprint density at radius 1 is 1.44 bits per heavy atom. The maximum absolute atomic E-state index is 11.6. The van der Waals surface area contributed by atoms with Gasteiger partial charge in [-0.15, -0.1) is 0 Å². The Hall–Kier alpha value is -1.55. The second-order valence-electron chi connectivity index (χ2n) is 4.76. The summed E-state index contributed by atoms with van der Waals surface area (Å²) in [7, 11) is 1.38. The molecule has 4 heteroatoms. The van der Waals surface area contributed by atoms with Crippen molar-refractivity contribution in [3.8, 4) is 5.75 Å². The van der Waals surface area contributed by atoms with Gasteiger partial charge < -0.3 is 9.84 Å². The number of ether oxygens (including phenoxy) is 1. The summed E-state index contributed by atoms with van der Waals surface area (Å²) in [6.07, 6.45) is 0. The topological polar surface area (TPSA) is 58.6 Å². The van der Waals surface area contributed by atoms with Crippen LogP contribution in [0.25, 0.3) is 0 Å². The Morgan fingerprint density at radius 2 is 2.11 bits per heavy atom. The van der Waals surface area contributed by atoms with Gasteiger partial charge in [-0.2, -0.15) is 0 Å². The average Bonchev–Trinajstić information content (AvgIpc) is 2.32. The van der Waals surface area contributed by atoms with Crippen molar-refractivity contribution in [3.63, 3.8) is 0 Å². The van der Waals surface area contributed by atoms with E-state index in [1.54, 1.807) is 6.07 Å². The fourth-order valence-corrected chi connectivity index (χ4v) is 1.79. The predicted molar refractivity (Wildman–Crippen MR) is 70.3 cm³/mol. The molecule has 0 aliphatic carbocycles. The van der Waals surface area contributed by atoms with Crippen molar-refractivity contribution in [2.45, 2.75) is 33.4 Å². The van der Waals surface area contributed by atoms with Crippen LogP contribution >= 0.6 is 0 Å². The van der Waals surface area contributed by atoms with Gasteiger partial charge in [0.25, 0.3) is 0 Å². The van der Waals surface area contributed by atoms with Crippen molar-refractivity contribution in [1.82, 2.24) is 5.32 Å². The molecule has 1 atom stereocenters. The minimum atomic E-state index is -0.366. The summed E-state index contributed by atoms with van der Waals surface area (Å²) in [5.74, 6) is 0.0852. The standard InChI is InChI=1S/C14H21NO3/c1-9(2)13(14(17)18-4)15-8-11-7-10(3)5-6-12(11)16/h5-7,9,13,15-16H,8H2,1-4H3/t13-/m0/s1. The first-order valence-electron chi connectivity index (χ1n) is 6.05. The number of methoxy groups -OCH3 is 1. The SMILES string of the molecule is COC(=O)[C@@H](NCc1cc(C)ccc1O)C(C)C. The summed E-state index contributed by atoms with van der Waals surface area (Å²) in [5.41, 5.74) is 1.85. The van der Waals surface area contributed by atoms with Crippen LogP contribution in [0.4, 0.5) is 0 Å². The number of hydrogen-bond donors (Lipinski definition) is 2. The van der Waals surface area contributed by atoms with E-state index in [9.17, 15) is 9.90 Å². The number of benzene rings is 1. The molecule has 2 N–H and O–H groups in total. The molecule has 1 rings (SSSR count). The lowest BCUT2D eigenvalue weighted by Crippen LogP contribution is -2.41. The quantitative estimate of drug-likeness (QED) is 0.786. The second kappa shape index (κ2) is 6.40. The molecule has 0 fully saturated rings. The molecule has 1 aromatic rings. The lowest BCUT2D eigenvalue weighted by molar-refractivity contribution is -0.144. The van der Waals surface area contributed by atoms with Gasteiger partial charge in [-0.25, -0.2) is 0 Å². The third-order valence-electron chi connectivity index (χ3n) is 2.87. The molecule has 0 aliphatic heterocycles. The third kappa shape index (κ3) is 3.74. The van der Waals surface area contributed by atoms with E-state index in [0.717, 1.165) is 11.1 Å². The maximum atomic E-state index is 11.6. The van der Waals surface area contributed by atoms with Crippen LogP contribution < -0.4 is 5.32 Å². The van der Waals surface area contributed by atoms with E-state index in [2.05, 4.69) is 5.32 Å². The Balaban J connectivity index is 2.73. The number of phenolic OH excluding ortho intramolecular Hbond substituents is 1. The molecule has 100 valence electrons. The Labute approximate surface area is 108 Å². The van der Waals surface area contributed by atoms with Gasteiger partial charge in [0, 0.05) is 12.1 Å². The second-order valence-corrected chi connectivity index (χ2v) is 4.76. The van der Waals surface area contributed by atoms with Gasteiger partial charge in [-0.3, -0.25) is 10.1 Å². The molecule has 0 heterocycles. The minimum Gasteiger partial charge on any atom is -0.508 e.